The molecule has 3 N–H and O–H groups in total. The highest BCUT2D eigenvalue weighted by Gasteiger charge is 2.55. The zero-order valence-corrected chi connectivity index (χ0v) is 24.1. The molecule has 0 spiro atoms. The fraction of sp³-hybridized carbons (Fsp3) is 0.833. The van der Waals surface area contributed by atoms with E-state index in [0.29, 0.717) is 6.42 Å². The first-order valence-electron chi connectivity index (χ1n) is 14.9. The Morgan fingerprint density at radius 1 is 0.541 bits per heavy atom. The van der Waals surface area contributed by atoms with Gasteiger partial charge in [0.1, 0.15) is 0 Å². The van der Waals surface area contributed by atoms with E-state index in [0.717, 1.165) is 12.8 Å². The smallest absolute Gasteiger partial charge is 0.362 e. The molecular weight excluding hydrogens is 470 g/mol. The molecule has 37 heavy (non-hydrogen) atoms. The normalized spacial score (nSPS) is 15.8. The molecular formula is C30H56NO6+. The van der Waals surface area contributed by atoms with E-state index in [1.807, 2.05) is 6.08 Å². The van der Waals surface area contributed by atoms with Crippen molar-refractivity contribution in [3.63, 3.8) is 0 Å². The van der Waals surface area contributed by atoms with E-state index in [2.05, 4.69) is 13.0 Å². The second-order valence-corrected chi connectivity index (χ2v) is 10.4. The van der Waals surface area contributed by atoms with Crippen LogP contribution >= 0.6 is 0 Å². The van der Waals surface area contributed by atoms with Crippen LogP contribution in [0, 0.1) is 0 Å². The predicted molar refractivity (Wildman–Crippen MR) is 150 cm³/mol. The Morgan fingerprint density at radius 2 is 0.865 bits per heavy atom. The highest BCUT2D eigenvalue weighted by Crippen LogP contribution is 2.32. The topological polar surface area (TPSA) is 112 Å². The highest BCUT2D eigenvalue weighted by molar-refractivity contribution is 5.78. The zero-order chi connectivity index (χ0) is 28.1. The maximum Gasteiger partial charge on any atom is 0.362 e. The number of quaternary nitrogens is 1. The molecule has 0 aliphatic heterocycles. The second-order valence-electron chi connectivity index (χ2n) is 10.4. The predicted octanol–water partition coefficient (Wildman–Crippen LogP) is 7.43. The van der Waals surface area contributed by atoms with E-state index in [1.165, 1.54) is 70.6 Å². The van der Waals surface area contributed by atoms with Crippen molar-refractivity contribution >= 4 is 17.9 Å². The lowest BCUT2D eigenvalue weighted by Gasteiger charge is -2.49. The first kappa shape index (κ1) is 35.1. The van der Waals surface area contributed by atoms with E-state index in [1.54, 1.807) is 20.8 Å². The van der Waals surface area contributed by atoms with Gasteiger partial charge >= 0.3 is 17.9 Å². The molecule has 0 bridgehead atoms. The molecule has 3 unspecified atom stereocenters. The largest absolute Gasteiger partial charge is 0.477 e. The molecule has 0 aromatic carbocycles. The Labute approximate surface area is 225 Å². The van der Waals surface area contributed by atoms with Gasteiger partial charge in [0.2, 0.25) is 0 Å². The number of carboxylic acids is 3. The van der Waals surface area contributed by atoms with Crippen molar-refractivity contribution in [2.45, 2.75) is 155 Å². The van der Waals surface area contributed by atoms with Gasteiger partial charge in [-0.15, -0.1) is 0 Å². The van der Waals surface area contributed by atoms with Gasteiger partial charge in [0.15, 0.2) is 18.1 Å². The van der Waals surface area contributed by atoms with Gasteiger partial charge in [-0.25, -0.2) is 14.4 Å². The molecule has 3 atom stereocenters. The van der Waals surface area contributed by atoms with Crippen molar-refractivity contribution in [3.05, 3.63) is 12.2 Å². The average molecular weight is 527 g/mol. The minimum atomic E-state index is -1.14. The Kier molecular flexibility index (Phi) is 20.0. The van der Waals surface area contributed by atoms with E-state index in [4.69, 9.17) is 0 Å². The molecule has 7 nitrogen and oxygen atoms in total. The maximum absolute atomic E-state index is 12.2. The summed E-state index contributed by atoms with van der Waals surface area (Å²) < 4.78 is -0.452. The van der Waals surface area contributed by atoms with Crippen LogP contribution in [0.2, 0.25) is 0 Å². The molecule has 216 valence electrons. The number of aliphatic carboxylic acids is 3. The van der Waals surface area contributed by atoms with Crippen LogP contribution in [0.15, 0.2) is 12.2 Å². The molecule has 0 rings (SSSR count). The second kappa shape index (κ2) is 21.1. The van der Waals surface area contributed by atoms with Gasteiger partial charge < -0.3 is 15.3 Å². The third-order valence-electron chi connectivity index (χ3n) is 7.83. The Morgan fingerprint density at radius 3 is 1.19 bits per heavy atom. The van der Waals surface area contributed by atoms with Gasteiger partial charge in [-0.3, -0.25) is 4.48 Å². The summed E-state index contributed by atoms with van der Waals surface area (Å²) >= 11 is 0. The number of allylic oxidation sites excluding steroid dienone is 1. The van der Waals surface area contributed by atoms with Gasteiger partial charge in [0.05, 0.1) is 6.54 Å². The van der Waals surface area contributed by atoms with Crippen LogP contribution in [0.25, 0.3) is 0 Å². The van der Waals surface area contributed by atoms with Crippen molar-refractivity contribution < 1.29 is 34.2 Å². The fourth-order valence-electron chi connectivity index (χ4n) is 5.92. The summed E-state index contributed by atoms with van der Waals surface area (Å²) in [4.78, 5) is 36.6. The summed E-state index contributed by atoms with van der Waals surface area (Å²) in [5.74, 6) is -3.41. The van der Waals surface area contributed by atoms with Gasteiger partial charge in [0, 0.05) is 25.7 Å². The summed E-state index contributed by atoms with van der Waals surface area (Å²) in [5.41, 5.74) is 0. The van der Waals surface area contributed by atoms with E-state index < -0.39 is 40.5 Å². The van der Waals surface area contributed by atoms with E-state index in [-0.39, 0.29) is 25.8 Å². The highest BCUT2D eigenvalue weighted by atomic mass is 16.4. The number of hydrogen-bond donors (Lipinski definition) is 3. The number of nitrogens with zero attached hydrogens (tertiary/aromatic N) is 1. The molecule has 0 amide bonds. The Bertz CT molecular complexity index is 607. The molecule has 0 radical (unpaired) electrons. The fourth-order valence-corrected chi connectivity index (χ4v) is 5.92. The summed E-state index contributed by atoms with van der Waals surface area (Å²) in [6, 6.07) is -3.27. The molecule has 0 saturated heterocycles. The number of carbonyl (C=O) groups is 3. The number of rotatable bonds is 25. The molecule has 7 heteroatoms. The summed E-state index contributed by atoms with van der Waals surface area (Å²) in [6.07, 6.45) is 21.6. The minimum Gasteiger partial charge on any atom is -0.477 e. The molecule has 0 aliphatic carbocycles. The number of hydrogen-bond acceptors (Lipinski definition) is 3. The lowest BCUT2D eigenvalue weighted by Crippen LogP contribution is -2.72. The van der Waals surface area contributed by atoms with E-state index >= 15 is 0 Å². The van der Waals surface area contributed by atoms with Crippen LogP contribution in [0.4, 0.5) is 0 Å². The summed E-state index contributed by atoms with van der Waals surface area (Å²) in [5, 5.41) is 29.9. The van der Waals surface area contributed by atoms with Crippen molar-refractivity contribution in [1.29, 1.82) is 0 Å². The molecule has 0 aromatic rings. The van der Waals surface area contributed by atoms with E-state index in [9.17, 15) is 29.7 Å². The first-order valence-corrected chi connectivity index (χ1v) is 14.9. The van der Waals surface area contributed by atoms with Gasteiger partial charge in [-0.05, 0) is 12.8 Å². The zero-order valence-electron chi connectivity index (χ0n) is 24.1. The Balaban J connectivity index is 4.85. The van der Waals surface area contributed by atoms with Crippen LogP contribution in [0.1, 0.15) is 137 Å². The third-order valence-corrected chi connectivity index (χ3v) is 7.83. The monoisotopic (exact) mass is 526 g/mol. The van der Waals surface area contributed by atoms with Crippen LogP contribution in [0.5, 0.6) is 0 Å². The molecule has 0 aliphatic rings. The van der Waals surface area contributed by atoms with Crippen LogP contribution in [0.3, 0.4) is 0 Å². The van der Waals surface area contributed by atoms with Gasteiger partial charge in [-0.1, -0.05) is 110 Å². The lowest BCUT2D eigenvalue weighted by molar-refractivity contribution is -0.972. The molecule has 0 fully saturated rings. The standard InChI is InChI=1S/C30H55NO6/c1-5-9-10-11-12-13-14-15-16-17-18-19-20-21-22-23-24-31(25(6-2)28(32)33,26(7-3)29(34)35)27(8-4)30(36)37/h21-22,25-27H,5-20,23-24H2,1-4H3,(H2-,32,33,34,35,36,37)/p+1/b22-21+. The van der Waals surface area contributed by atoms with Crippen molar-refractivity contribution in [3.8, 4) is 0 Å². The molecule has 0 heterocycles. The minimum absolute atomic E-state index is 0.172. The summed E-state index contributed by atoms with van der Waals surface area (Å²) in [6.45, 7) is 7.50. The van der Waals surface area contributed by atoms with Crippen molar-refractivity contribution in [1.82, 2.24) is 0 Å². The van der Waals surface area contributed by atoms with Gasteiger partial charge in [-0.2, -0.15) is 0 Å². The Hall–Kier alpha value is -1.89. The maximum atomic E-state index is 12.2. The van der Waals surface area contributed by atoms with Crippen LogP contribution < -0.4 is 0 Å². The first-order chi connectivity index (χ1) is 17.7. The van der Waals surface area contributed by atoms with Crippen molar-refractivity contribution in [2.75, 3.05) is 6.54 Å². The molecule has 0 saturated carbocycles. The number of carboxylic acid groups (broad SMARTS) is 3. The third kappa shape index (κ3) is 12.5. The van der Waals surface area contributed by atoms with Crippen molar-refractivity contribution in [2.24, 2.45) is 0 Å². The molecule has 0 aromatic heterocycles. The van der Waals surface area contributed by atoms with Gasteiger partial charge in [0.25, 0.3) is 0 Å². The number of unbranched alkanes of at least 4 members (excludes halogenated alkanes) is 12. The lowest BCUT2D eigenvalue weighted by atomic mass is 9.94. The quantitative estimate of drug-likeness (QED) is 0.0648. The SMILES string of the molecule is CCCCCCCCCCCCCC/C=C/CC[N+](C(CC)C(=O)O)(C(CC)C(=O)O)C(CC)C(=O)O. The average Bonchev–Trinajstić information content (AvgIpc) is 2.84. The van der Waals surface area contributed by atoms with Crippen LogP contribution in [-0.4, -0.2) is 62.4 Å². The summed E-state index contributed by atoms with van der Waals surface area (Å²) in [7, 11) is 0. The van der Waals surface area contributed by atoms with Crippen LogP contribution in [-0.2, 0) is 14.4 Å².